The fraction of sp³-hybridized carbons (Fsp3) is 0.500. The predicted molar refractivity (Wildman–Crippen MR) is 72.7 cm³/mol. The molecule has 0 radical (unpaired) electrons. The molecule has 0 bridgehead atoms. The number of rotatable bonds is 6. The van der Waals surface area contributed by atoms with E-state index in [-0.39, 0.29) is 5.38 Å². The summed E-state index contributed by atoms with van der Waals surface area (Å²) in [5.74, 6) is 0. The van der Waals surface area contributed by atoms with E-state index < -0.39 is 0 Å². The summed E-state index contributed by atoms with van der Waals surface area (Å²) in [6.45, 7) is 3.70. The Bertz CT molecular complexity index is 326. The Kier molecular flexibility index (Phi) is 6.52. The van der Waals surface area contributed by atoms with Crippen molar-refractivity contribution in [1.29, 1.82) is 0 Å². The first-order valence-electron chi connectivity index (χ1n) is 5.38. The lowest BCUT2D eigenvalue weighted by Gasteiger charge is -2.07. The summed E-state index contributed by atoms with van der Waals surface area (Å²) >= 11 is 17.8. The zero-order valence-corrected chi connectivity index (χ0v) is 11.5. The monoisotopic (exact) mass is 279 g/mol. The number of halogens is 3. The molecule has 0 aliphatic carbocycles. The van der Waals surface area contributed by atoms with Crippen molar-refractivity contribution in [2.24, 2.45) is 0 Å². The summed E-state index contributed by atoms with van der Waals surface area (Å²) in [5, 5.41) is 5.04. The normalized spacial score (nSPS) is 12.8. The Morgan fingerprint density at radius 3 is 2.75 bits per heavy atom. The van der Waals surface area contributed by atoms with Gasteiger partial charge in [0.05, 0.1) is 0 Å². The van der Waals surface area contributed by atoms with Crippen LogP contribution in [0.15, 0.2) is 18.2 Å². The summed E-state index contributed by atoms with van der Waals surface area (Å²) in [6.07, 6.45) is 2.10. The van der Waals surface area contributed by atoms with E-state index in [4.69, 9.17) is 34.8 Å². The van der Waals surface area contributed by atoms with Gasteiger partial charge in [-0.2, -0.15) is 0 Å². The highest BCUT2D eigenvalue weighted by atomic mass is 35.5. The Balaban J connectivity index is 2.29. The minimum absolute atomic E-state index is 0.247. The standard InChI is InChI=1S/C12H16Cl3N/c1-9(13)3-2-6-16-8-10-7-11(14)4-5-12(10)15/h4-5,7,9,16H,2-3,6,8H2,1H3. The SMILES string of the molecule is CC(Cl)CCCNCc1cc(Cl)ccc1Cl. The van der Waals surface area contributed by atoms with E-state index in [0.29, 0.717) is 0 Å². The number of alkyl halides is 1. The first-order chi connectivity index (χ1) is 7.59. The third-order valence-electron chi connectivity index (χ3n) is 2.28. The van der Waals surface area contributed by atoms with Gasteiger partial charge in [0, 0.05) is 22.0 Å². The van der Waals surface area contributed by atoms with Crippen LogP contribution in [0.4, 0.5) is 0 Å². The molecule has 0 saturated heterocycles. The molecule has 1 rings (SSSR count). The van der Waals surface area contributed by atoms with E-state index in [0.717, 1.165) is 41.5 Å². The summed E-state index contributed by atoms with van der Waals surface area (Å²) in [5.41, 5.74) is 1.04. The van der Waals surface area contributed by atoms with Crippen LogP contribution in [0.1, 0.15) is 25.3 Å². The minimum atomic E-state index is 0.247. The maximum Gasteiger partial charge on any atom is 0.0451 e. The zero-order chi connectivity index (χ0) is 12.0. The second-order valence-electron chi connectivity index (χ2n) is 3.84. The maximum atomic E-state index is 6.04. The Morgan fingerprint density at radius 1 is 1.31 bits per heavy atom. The lowest BCUT2D eigenvalue weighted by molar-refractivity contribution is 0.619. The Hall–Kier alpha value is 0.0500. The van der Waals surface area contributed by atoms with Gasteiger partial charge in [-0.05, 0) is 50.1 Å². The minimum Gasteiger partial charge on any atom is -0.313 e. The van der Waals surface area contributed by atoms with Crippen LogP contribution in [0.2, 0.25) is 10.0 Å². The Morgan fingerprint density at radius 2 is 2.06 bits per heavy atom. The lowest BCUT2D eigenvalue weighted by Crippen LogP contribution is -2.15. The molecule has 1 aromatic carbocycles. The molecule has 0 heterocycles. The van der Waals surface area contributed by atoms with Gasteiger partial charge in [0.15, 0.2) is 0 Å². The van der Waals surface area contributed by atoms with Crippen molar-refractivity contribution in [3.63, 3.8) is 0 Å². The van der Waals surface area contributed by atoms with E-state index >= 15 is 0 Å². The van der Waals surface area contributed by atoms with Crippen molar-refractivity contribution in [2.45, 2.75) is 31.7 Å². The number of nitrogens with one attached hydrogen (secondary N) is 1. The fourth-order valence-corrected chi connectivity index (χ4v) is 1.94. The number of benzene rings is 1. The molecule has 1 atom stereocenters. The van der Waals surface area contributed by atoms with E-state index in [9.17, 15) is 0 Å². The molecule has 1 N–H and O–H groups in total. The molecular formula is C12H16Cl3N. The molecule has 4 heteroatoms. The average Bonchev–Trinajstić information content (AvgIpc) is 2.22. The Labute approximate surface area is 112 Å². The number of hydrogen-bond acceptors (Lipinski definition) is 1. The molecule has 0 fully saturated rings. The predicted octanol–water partition coefficient (Wildman–Crippen LogP) is 4.49. The molecule has 1 aromatic rings. The fourth-order valence-electron chi connectivity index (χ4n) is 1.41. The molecule has 0 aliphatic rings. The first-order valence-corrected chi connectivity index (χ1v) is 6.57. The quantitative estimate of drug-likeness (QED) is 0.598. The molecule has 0 aliphatic heterocycles. The maximum absolute atomic E-state index is 6.04. The van der Waals surface area contributed by atoms with Crippen molar-refractivity contribution in [3.05, 3.63) is 33.8 Å². The van der Waals surface area contributed by atoms with E-state index in [1.807, 2.05) is 19.1 Å². The van der Waals surface area contributed by atoms with Gasteiger partial charge in [-0.25, -0.2) is 0 Å². The van der Waals surface area contributed by atoms with Gasteiger partial charge >= 0.3 is 0 Å². The van der Waals surface area contributed by atoms with Gasteiger partial charge in [-0.15, -0.1) is 11.6 Å². The molecule has 16 heavy (non-hydrogen) atoms. The van der Waals surface area contributed by atoms with Crippen LogP contribution in [-0.2, 0) is 6.54 Å². The van der Waals surface area contributed by atoms with Gasteiger partial charge in [0.25, 0.3) is 0 Å². The molecule has 0 amide bonds. The highest BCUT2D eigenvalue weighted by molar-refractivity contribution is 6.33. The van der Waals surface area contributed by atoms with Gasteiger partial charge in [0.2, 0.25) is 0 Å². The lowest BCUT2D eigenvalue weighted by atomic mass is 10.2. The topological polar surface area (TPSA) is 12.0 Å². The second-order valence-corrected chi connectivity index (χ2v) is 5.42. The molecule has 1 unspecified atom stereocenters. The third-order valence-corrected chi connectivity index (χ3v) is 3.10. The summed E-state index contributed by atoms with van der Waals surface area (Å²) in [4.78, 5) is 0. The van der Waals surface area contributed by atoms with Gasteiger partial charge in [-0.1, -0.05) is 23.2 Å². The van der Waals surface area contributed by atoms with Crippen LogP contribution in [0, 0.1) is 0 Å². The van der Waals surface area contributed by atoms with Crippen molar-refractivity contribution in [3.8, 4) is 0 Å². The van der Waals surface area contributed by atoms with Crippen LogP contribution in [-0.4, -0.2) is 11.9 Å². The highest BCUT2D eigenvalue weighted by Gasteiger charge is 2.01. The largest absolute Gasteiger partial charge is 0.313 e. The number of hydrogen-bond donors (Lipinski definition) is 1. The second kappa shape index (κ2) is 7.39. The van der Waals surface area contributed by atoms with Crippen molar-refractivity contribution in [1.82, 2.24) is 5.32 Å². The average molecular weight is 281 g/mol. The van der Waals surface area contributed by atoms with Crippen molar-refractivity contribution < 1.29 is 0 Å². The van der Waals surface area contributed by atoms with Crippen LogP contribution >= 0.6 is 34.8 Å². The molecule has 0 spiro atoms. The first kappa shape index (κ1) is 14.1. The summed E-state index contributed by atoms with van der Waals surface area (Å²) in [6, 6.07) is 5.51. The van der Waals surface area contributed by atoms with Crippen LogP contribution in [0.25, 0.3) is 0 Å². The van der Waals surface area contributed by atoms with Gasteiger partial charge < -0.3 is 5.32 Å². The van der Waals surface area contributed by atoms with Crippen molar-refractivity contribution >= 4 is 34.8 Å². The van der Waals surface area contributed by atoms with Gasteiger partial charge in [0.1, 0.15) is 0 Å². The molecular weight excluding hydrogens is 264 g/mol. The highest BCUT2D eigenvalue weighted by Crippen LogP contribution is 2.20. The van der Waals surface area contributed by atoms with E-state index in [1.165, 1.54) is 0 Å². The van der Waals surface area contributed by atoms with Gasteiger partial charge in [-0.3, -0.25) is 0 Å². The smallest absolute Gasteiger partial charge is 0.0451 e. The molecule has 0 saturated carbocycles. The van der Waals surface area contributed by atoms with Crippen LogP contribution in [0.5, 0.6) is 0 Å². The van der Waals surface area contributed by atoms with E-state index in [1.54, 1.807) is 6.07 Å². The van der Waals surface area contributed by atoms with Crippen LogP contribution < -0.4 is 5.32 Å². The summed E-state index contributed by atoms with van der Waals surface area (Å²) in [7, 11) is 0. The van der Waals surface area contributed by atoms with Crippen LogP contribution in [0.3, 0.4) is 0 Å². The summed E-state index contributed by atoms with van der Waals surface area (Å²) < 4.78 is 0. The van der Waals surface area contributed by atoms with Crippen molar-refractivity contribution in [2.75, 3.05) is 6.54 Å². The zero-order valence-electron chi connectivity index (χ0n) is 9.27. The van der Waals surface area contributed by atoms with E-state index in [2.05, 4.69) is 5.32 Å². The molecule has 0 aromatic heterocycles. The molecule has 90 valence electrons. The molecule has 1 nitrogen and oxygen atoms in total. The third kappa shape index (κ3) is 5.40.